The van der Waals surface area contributed by atoms with Gasteiger partial charge in [0.15, 0.2) is 0 Å². The summed E-state index contributed by atoms with van der Waals surface area (Å²) in [6.45, 7) is 4.73. The van der Waals surface area contributed by atoms with Gasteiger partial charge in [0.2, 0.25) is 0 Å². The Bertz CT molecular complexity index is 50.2. The lowest BCUT2D eigenvalue weighted by Gasteiger charge is -2.10. The zero-order chi connectivity index (χ0) is 5.86. The summed E-state index contributed by atoms with van der Waals surface area (Å²) in [5, 5.41) is 0. The zero-order valence-electron chi connectivity index (χ0n) is 5.83. The molecule has 0 rings (SSSR count). The van der Waals surface area contributed by atoms with E-state index in [1.165, 1.54) is 0 Å². The van der Waals surface area contributed by atoms with Crippen LogP contribution in [-0.4, -0.2) is 12.6 Å². The van der Waals surface area contributed by atoms with E-state index in [1.807, 2.05) is 0 Å². The van der Waals surface area contributed by atoms with Crippen molar-refractivity contribution in [2.75, 3.05) is 6.54 Å². The van der Waals surface area contributed by atoms with Crippen LogP contribution < -0.4 is 11.5 Å². The summed E-state index contributed by atoms with van der Waals surface area (Å²) < 4.78 is 0. The molecule has 0 fully saturated rings. The molecule has 60 valence electrons. The lowest BCUT2D eigenvalue weighted by atomic mass is 10.1. The van der Waals surface area contributed by atoms with Crippen molar-refractivity contribution in [3.8, 4) is 0 Å². The molecule has 0 aliphatic rings. The maximum absolute atomic E-state index is 5.49. The van der Waals surface area contributed by atoms with Crippen molar-refractivity contribution in [3.05, 3.63) is 0 Å². The van der Waals surface area contributed by atoms with Crippen molar-refractivity contribution in [2.45, 2.75) is 19.9 Å². The highest BCUT2D eigenvalue weighted by molar-refractivity contribution is 5.85. The van der Waals surface area contributed by atoms with Crippen LogP contribution in [0.15, 0.2) is 0 Å². The Morgan fingerprint density at radius 1 is 1.22 bits per heavy atom. The topological polar surface area (TPSA) is 52.0 Å². The summed E-state index contributed by atoms with van der Waals surface area (Å²) in [5.74, 6) is 0.519. The Morgan fingerprint density at radius 3 is 1.56 bits per heavy atom. The molecule has 0 saturated carbocycles. The third-order valence-corrected chi connectivity index (χ3v) is 1.13. The molecule has 0 aromatic carbocycles. The van der Waals surface area contributed by atoms with Gasteiger partial charge in [-0.1, -0.05) is 13.8 Å². The average molecular weight is 175 g/mol. The quantitative estimate of drug-likeness (QED) is 0.651. The summed E-state index contributed by atoms with van der Waals surface area (Å²) in [6.07, 6.45) is 0. The molecular weight excluding hydrogens is 159 g/mol. The third-order valence-electron chi connectivity index (χ3n) is 1.13. The number of halogens is 2. The number of hydrogen-bond acceptors (Lipinski definition) is 2. The largest absolute Gasteiger partial charge is 0.329 e. The molecule has 9 heavy (non-hydrogen) atoms. The Kier molecular flexibility index (Phi) is 15.3. The van der Waals surface area contributed by atoms with Crippen molar-refractivity contribution >= 4 is 24.8 Å². The molecular formula is C5H16Cl2N2. The summed E-state index contributed by atoms with van der Waals surface area (Å²) in [4.78, 5) is 0. The van der Waals surface area contributed by atoms with Gasteiger partial charge in [0, 0.05) is 12.6 Å². The van der Waals surface area contributed by atoms with Crippen molar-refractivity contribution < 1.29 is 0 Å². The average Bonchev–Trinajstić information content (AvgIpc) is 1.65. The Balaban J connectivity index is -0.000000180. The molecule has 0 aliphatic carbocycles. The molecule has 4 heteroatoms. The van der Waals surface area contributed by atoms with Crippen LogP contribution in [0, 0.1) is 5.92 Å². The normalized spacial score (nSPS) is 11.7. The summed E-state index contributed by atoms with van der Waals surface area (Å²) in [7, 11) is 0. The Labute approximate surface area is 69.2 Å². The van der Waals surface area contributed by atoms with E-state index < -0.39 is 0 Å². The van der Waals surface area contributed by atoms with Gasteiger partial charge in [-0.2, -0.15) is 0 Å². The van der Waals surface area contributed by atoms with Crippen LogP contribution in [0.4, 0.5) is 0 Å². The minimum atomic E-state index is 0. The van der Waals surface area contributed by atoms with E-state index in [-0.39, 0.29) is 30.9 Å². The van der Waals surface area contributed by atoms with E-state index in [4.69, 9.17) is 11.5 Å². The fourth-order valence-corrected chi connectivity index (χ4v) is 0.272. The van der Waals surface area contributed by atoms with Crippen LogP contribution >= 0.6 is 24.8 Å². The molecule has 0 bridgehead atoms. The molecule has 0 aromatic rings. The summed E-state index contributed by atoms with van der Waals surface area (Å²) in [6, 6.07) is 0.181. The third kappa shape index (κ3) is 8.50. The van der Waals surface area contributed by atoms with Gasteiger partial charge >= 0.3 is 0 Å². The van der Waals surface area contributed by atoms with Gasteiger partial charge in [0.25, 0.3) is 0 Å². The van der Waals surface area contributed by atoms with Gasteiger partial charge in [-0.3, -0.25) is 0 Å². The summed E-state index contributed by atoms with van der Waals surface area (Å²) >= 11 is 0. The van der Waals surface area contributed by atoms with E-state index in [0.717, 1.165) is 0 Å². The fourth-order valence-electron chi connectivity index (χ4n) is 0.272. The number of hydrogen-bond donors (Lipinski definition) is 2. The van der Waals surface area contributed by atoms with Gasteiger partial charge in [0.05, 0.1) is 0 Å². The van der Waals surface area contributed by atoms with Crippen molar-refractivity contribution in [3.63, 3.8) is 0 Å². The lowest BCUT2D eigenvalue weighted by molar-refractivity contribution is 0.501. The molecule has 0 heterocycles. The second-order valence-corrected chi connectivity index (χ2v) is 2.14. The van der Waals surface area contributed by atoms with E-state index in [0.29, 0.717) is 12.5 Å². The lowest BCUT2D eigenvalue weighted by Crippen LogP contribution is -2.34. The predicted octanol–water partition coefficient (Wildman–Crippen LogP) is 0.772. The van der Waals surface area contributed by atoms with Crippen LogP contribution in [-0.2, 0) is 0 Å². The first-order valence-electron chi connectivity index (χ1n) is 2.64. The summed E-state index contributed by atoms with van der Waals surface area (Å²) in [5.41, 5.74) is 10.7. The second-order valence-electron chi connectivity index (χ2n) is 2.14. The molecule has 0 aromatic heterocycles. The predicted molar refractivity (Wildman–Crippen MR) is 46.4 cm³/mol. The van der Waals surface area contributed by atoms with E-state index in [1.54, 1.807) is 0 Å². The molecule has 0 aliphatic heterocycles. The fraction of sp³-hybridized carbons (Fsp3) is 1.00. The molecule has 0 saturated heterocycles. The van der Waals surface area contributed by atoms with Crippen molar-refractivity contribution in [1.29, 1.82) is 0 Å². The number of rotatable bonds is 2. The highest BCUT2D eigenvalue weighted by atomic mass is 35.5. The van der Waals surface area contributed by atoms with Crippen LogP contribution in [0.2, 0.25) is 0 Å². The van der Waals surface area contributed by atoms with Crippen molar-refractivity contribution in [1.82, 2.24) is 0 Å². The molecule has 0 radical (unpaired) electrons. The minimum absolute atomic E-state index is 0. The molecule has 1 unspecified atom stereocenters. The first-order chi connectivity index (χ1) is 3.18. The van der Waals surface area contributed by atoms with Gasteiger partial charge < -0.3 is 11.5 Å². The van der Waals surface area contributed by atoms with Gasteiger partial charge in [-0.15, -0.1) is 24.8 Å². The van der Waals surface area contributed by atoms with Crippen LogP contribution in [0.5, 0.6) is 0 Å². The molecule has 4 N–H and O–H groups in total. The van der Waals surface area contributed by atoms with Crippen molar-refractivity contribution in [2.24, 2.45) is 17.4 Å². The standard InChI is InChI=1S/C5H14N2.2ClH/c1-4(2)5(7)3-6;;/h4-5H,3,6-7H2,1-2H3;2*1H. The zero-order valence-corrected chi connectivity index (χ0v) is 7.47. The highest BCUT2D eigenvalue weighted by Gasteiger charge is 2.01. The van der Waals surface area contributed by atoms with E-state index >= 15 is 0 Å². The SMILES string of the molecule is CC(C)C(N)CN.Cl.Cl. The van der Waals surface area contributed by atoms with E-state index in [2.05, 4.69) is 13.8 Å². The molecule has 0 spiro atoms. The highest BCUT2D eigenvalue weighted by Crippen LogP contribution is 1.93. The Hall–Kier alpha value is 0.500. The monoisotopic (exact) mass is 174 g/mol. The molecule has 1 atom stereocenters. The molecule has 0 amide bonds. The minimum Gasteiger partial charge on any atom is -0.329 e. The maximum Gasteiger partial charge on any atom is 0.0186 e. The molecule has 2 nitrogen and oxygen atoms in total. The second kappa shape index (κ2) is 8.50. The van der Waals surface area contributed by atoms with E-state index in [9.17, 15) is 0 Å². The first kappa shape index (κ1) is 16.2. The van der Waals surface area contributed by atoms with Gasteiger partial charge in [-0.05, 0) is 5.92 Å². The maximum atomic E-state index is 5.49. The number of nitrogens with two attached hydrogens (primary N) is 2. The van der Waals surface area contributed by atoms with Crippen LogP contribution in [0.25, 0.3) is 0 Å². The Morgan fingerprint density at radius 2 is 1.56 bits per heavy atom. The van der Waals surface area contributed by atoms with Gasteiger partial charge in [-0.25, -0.2) is 0 Å². The van der Waals surface area contributed by atoms with Gasteiger partial charge in [0.1, 0.15) is 0 Å². The smallest absolute Gasteiger partial charge is 0.0186 e. The van der Waals surface area contributed by atoms with Crippen LogP contribution in [0.3, 0.4) is 0 Å². The first-order valence-corrected chi connectivity index (χ1v) is 2.64. The van der Waals surface area contributed by atoms with Crippen LogP contribution in [0.1, 0.15) is 13.8 Å².